The van der Waals surface area contributed by atoms with Crippen LogP contribution < -0.4 is 0 Å². The second-order valence-corrected chi connectivity index (χ2v) is 5.82. The molecular weight excluding hydrogens is 228 g/mol. The van der Waals surface area contributed by atoms with Crippen molar-refractivity contribution >= 4 is 0 Å². The predicted octanol–water partition coefficient (Wildman–Crippen LogP) is 3.84. The molecule has 0 aromatic carbocycles. The number of aliphatic hydroxyl groups is 1. The highest BCUT2D eigenvalue weighted by Crippen LogP contribution is 2.30. The van der Waals surface area contributed by atoms with E-state index in [9.17, 15) is 5.11 Å². The maximum atomic E-state index is 9.58. The molecule has 1 saturated heterocycles. The van der Waals surface area contributed by atoms with Gasteiger partial charge in [0.1, 0.15) is 0 Å². The van der Waals surface area contributed by atoms with Crippen LogP contribution in [0, 0.1) is 5.92 Å². The summed E-state index contributed by atoms with van der Waals surface area (Å²) in [5.41, 5.74) is 0. The topological polar surface area (TPSA) is 38.7 Å². The summed E-state index contributed by atoms with van der Waals surface area (Å²) in [6, 6.07) is 0. The van der Waals surface area contributed by atoms with E-state index in [1.165, 1.54) is 25.7 Å². The van der Waals surface area contributed by atoms with Gasteiger partial charge in [0.15, 0.2) is 12.1 Å². The molecule has 1 aliphatic heterocycles. The van der Waals surface area contributed by atoms with E-state index in [2.05, 4.69) is 20.8 Å². The van der Waals surface area contributed by atoms with Gasteiger partial charge in [0.05, 0.1) is 6.61 Å². The summed E-state index contributed by atoms with van der Waals surface area (Å²) < 4.78 is 11.3. The molecule has 2 atom stereocenters. The zero-order chi connectivity index (χ0) is 13.4. The molecule has 0 saturated carbocycles. The predicted molar refractivity (Wildman–Crippen MR) is 73.2 cm³/mol. The number of hydrogen-bond acceptors (Lipinski definition) is 3. The lowest BCUT2D eigenvalue weighted by molar-refractivity contribution is -0.339. The summed E-state index contributed by atoms with van der Waals surface area (Å²) in [6.07, 6.45) is 7.97. The fourth-order valence-electron chi connectivity index (χ4n) is 2.48. The molecule has 0 aromatic heterocycles. The van der Waals surface area contributed by atoms with Crippen LogP contribution in [0.1, 0.15) is 72.1 Å². The number of unbranched alkanes of at least 4 members (excludes halogenated alkanes) is 3. The third kappa shape index (κ3) is 5.68. The maximum Gasteiger partial charge on any atom is 0.171 e. The summed E-state index contributed by atoms with van der Waals surface area (Å²) in [5, 5.41) is 9.58. The third-order valence-corrected chi connectivity index (χ3v) is 3.71. The molecule has 18 heavy (non-hydrogen) atoms. The van der Waals surface area contributed by atoms with E-state index >= 15 is 0 Å². The van der Waals surface area contributed by atoms with Crippen LogP contribution in [0.15, 0.2) is 0 Å². The smallest absolute Gasteiger partial charge is 0.171 e. The zero-order valence-electron chi connectivity index (χ0n) is 12.3. The Labute approximate surface area is 112 Å². The molecule has 0 aromatic rings. The van der Waals surface area contributed by atoms with Crippen LogP contribution in [0.2, 0.25) is 0 Å². The van der Waals surface area contributed by atoms with E-state index in [0.29, 0.717) is 13.0 Å². The van der Waals surface area contributed by atoms with E-state index in [4.69, 9.17) is 9.47 Å². The van der Waals surface area contributed by atoms with Crippen LogP contribution in [0.25, 0.3) is 0 Å². The highest BCUT2D eigenvalue weighted by atomic mass is 16.8. The second kappa shape index (κ2) is 8.13. The van der Waals surface area contributed by atoms with Crippen LogP contribution in [0.4, 0.5) is 0 Å². The molecule has 108 valence electrons. The Balaban J connectivity index is 2.15. The molecule has 1 N–H and O–H groups in total. The first-order valence-electron chi connectivity index (χ1n) is 7.58. The van der Waals surface area contributed by atoms with Crippen LogP contribution in [-0.2, 0) is 9.47 Å². The minimum absolute atomic E-state index is 0.518. The zero-order valence-corrected chi connectivity index (χ0v) is 12.3. The quantitative estimate of drug-likeness (QED) is 0.672. The summed E-state index contributed by atoms with van der Waals surface area (Å²) >= 11 is 0. The monoisotopic (exact) mass is 258 g/mol. The molecule has 1 fully saturated rings. The average molecular weight is 258 g/mol. The number of aliphatic hydroxyl groups excluding tert-OH is 1. The highest BCUT2D eigenvalue weighted by molar-refractivity contribution is 4.72. The molecule has 0 amide bonds. The van der Waals surface area contributed by atoms with Gasteiger partial charge < -0.3 is 14.6 Å². The van der Waals surface area contributed by atoms with Crippen molar-refractivity contribution in [1.29, 1.82) is 0 Å². The van der Waals surface area contributed by atoms with Gasteiger partial charge in [-0.05, 0) is 18.8 Å². The second-order valence-electron chi connectivity index (χ2n) is 5.82. The lowest BCUT2D eigenvalue weighted by Gasteiger charge is -2.39. The Kier molecular flexibility index (Phi) is 7.20. The molecule has 1 aliphatic rings. The van der Waals surface area contributed by atoms with Gasteiger partial charge in [0, 0.05) is 12.8 Å². The third-order valence-electron chi connectivity index (χ3n) is 3.71. The maximum absolute atomic E-state index is 9.58. The summed E-state index contributed by atoms with van der Waals surface area (Å²) in [6.45, 7) is 7.23. The molecule has 1 rings (SSSR count). The first kappa shape index (κ1) is 15.9. The van der Waals surface area contributed by atoms with Gasteiger partial charge in [0.25, 0.3) is 0 Å². The first-order chi connectivity index (χ1) is 8.58. The van der Waals surface area contributed by atoms with Crippen LogP contribution >= 0.6 is 0 Å². The molecule has 3 heteroatoms. The van der Waals surface area contributed by atoms with Crippen molar-refractivity contribution in [2.24, 2.45) is 5.92 Å². The van der Waals surface area contributed by atoms with E-state index in [1.54, 1.807) is 0 Å². The van der Waals surface area contributed by atoms with Gasteiger partial charge in [-0.1, -0.05) is 46.5 Å². The van der Waals surface area contributed by atoms with Crippen molar-refractivity contribution in [2.45, 2.75) is 84.2 Å². The molecule has 3 nitrogen and oxygen atoms in total. The Morgan fingerprint density at radius 1 is 1.22 bits per heavy atom. The number of hydrogen-bond donors (Lipinski definition) is 1. The first-order valence-corrected chi connectivity index (χ1v) is 7.58. The minimum Gasteiger partial charge on any atom is -0.368 e. The lowest BCUT2D eigenvalue weighted by atomic mass is 10.0. The van der Waals surface area contributed by atoms with Gasteiger partial charge in [-0.2, -0.15) is 0 Å². The Morgan fingerprint density at radius 3 is 2.56 bits per heavy atom. The van der Waals surface area contributed by atoms with E-state index in [1.807, 2.05) is 0 Å². The van der Waals surface area contributed by atoms with E-state index in [0.717, 1.165) is 25.2 Å². The summed E-state index contributed by atoms with van der Waals surface area (Å²) in [4.78, 5) is 0. The number of ether oxygens (including phenoxy) is 2. The van der Waals surface area contributed by atoms with Crippen LogP contribution in [0.3, 0.4) is 0 Å². The van der Waals surface area contributed by atoms with E-state index in [-0.39, 0.29) is 0 Å². The van der Waals surface area contributed by atoms with Crippen molar-refractivity contribution in [2.75, 3.05) is 6.61 Å². The molecule has 0 aliphatic carbocycles. The van der Waals surface area contributed by atoms with Crippen molar-refractivity contribution in [1.82, 2.24) is 0 Å². The average Bonchev–Trinajstić information content (AvgIpc) is 2.33. The van der Waals surface area contributed by atoms with E-state index < -0.39 is 12.1 Å². The van der Waals surface area contributed by atoms with Crippen molar-refractivity contribution in [3.8, 4) is 0 Å². The number of rotatable bonds is 8. The standard InChI is InChI=1S/C15H30O3/c1-4-15(17-12-10-14(16)18-15)11-8-6-5-7-9-13(2)3/h13-14,16H,4-12H2,1-3H3. The molecular formula is C15H30O3. The van der Waals surface area contributed by atoms with Crippen molar-refractivity contribution in [3.05, 3.63) is 0 Å². The van der Waals surface area contributed by atoms with Crippen molar-refractivity contribution < 1.29 is 14.6 Å². The normalized spacial score (nSPS) is 28.8. The van der Waals surface area contributed by atoms with Gasteiger partial charge in [-0.15, -0.1) is 0 Å². The Morgan fingerprint density at radius 2 is 1.94 bits per heavy atom. The fraction of sp³-hybridized carbons (Fsp3) is 1.00. The fourth-order valence-corrected chi connectivity index (χ4v) is 2.48. The summed E-state index contributed by atoms with van der Waals surface area (Å²) in [7, 11) is 0. The lowest BCUT2D eigenvalue weighted by Crippen LogP contribution is -2.44. The van der Waals surface area contributed by atoms with Gasteiger partial charge >= 0.3 is 0 Å². The minimum atomic E-state index is -0.639. The molecule has 1 heterocycles. The Hall–Kier alpha value is -0.120. The highest BCUT2D eigenvalue weighted by Gasteiger charge is 2.35. The van der Waals surface area contributed by atoms with Gasteiger partial charge in [0.2, 0.25) is 0 Å². The van der Waals surface area contributed by atoms with Gasteiger partial charge in [-0.3, -0.25) is 0 Å². The molecule has 2 unspecified atom stereocenters. The largest absolute Gasteiger partial charge is 0.368 e. The van der Waals surface area contributed by atoms with Gasteiger partial charge in [-0.25, -0.2) is 0 Å². The SMILES string of the molecule is CCC1(CCCCCCC(C)C)OCCC(O)O1. The molecule has 0 spiro atoms. The summed E-state index contributed by atoms with van der Waals surface area (Å²) in [5.74, 6) is 0.294. The Bertz CT molecular complexity index is 218. The van der Waals surface area contributed by atoms with Crippen molar-refractivity contribution in [3.63, 3.8) is 0 Å². The van der Waals surface area contributed by atoms with Crippen LogP contribution in [-0.4, -0.2) is 23.8 Å². The molecule has 0 bridgehead atoms. The van der Waals surface area contributed by atoms with Crippen LogP contribution in [0.5, 0.6) is 0 Å². The molecule has 0 radical (unpaired) electrons.